The van der Waals surface area contributed by atoms with Crippen molar-refractivity contribution < 1.29 is 22.3 Å². The maximum Gasteiger partial charge on any atom is 0.258 e. The van der Waals surface area contributed by atoms with Crippen LogP contribution in [0.15, 0.2) is 71.6 Å². The number of hydrogen-bond acceptors (Lipinski definition) is 4. The number of benzene rings is 3. The Morgan fingerprint density at radius 1 is 0.968 bits per heavy atom. The van der Waals surface area contributed by atoms with Gasteiger partial charge >= 0.3 is 0 Å². The fourth-order valence-corrected chi connectivity index (χ4v) is 4.37. The normalized spacial score (nSPS) is 13.4. The van der Waals surface area contributed by atoms with Gasteiger partial charge in [-0.15, -0.1) is 0 Å². The van der Waals surface area contributed by atoms with Crippen LogP contribution in [0, 0.1) is 5.82 Å². The summed E-state index contributed by atoms with van der Waals surface area (Å²) < 4.78 is 44.6. The third-order valence-electron chi connectivity index (χ3n) is 5.12. The molecule has 3 aromatic carbocycles. The molecule has 0 aliphatic carbocycles. The molecule has 3 aromatic rings. The van der Waals surface area contributed by atoms with Gasteiger partial charge in [-0.2, -0.15) is 0 Å². The number of rotatable bonds is 5. The van der Waals surface area contributed by atoms with Crippen LogP contribution in [-0.2, 0) is 16.4 Å². The molecule has 1 amide bonds. The SMILES string of the molecule is CN(C)S(=O)(=O)c1ccc2c(c1)CCN2C(=O)c1ccc(Oc2ccc(F)cc2)cc1. The van der Waals surface area contributed by atoms with Crippen molar-refractivity contribution in [1.82, 2.24) is 4.31 Å². The largest absolute Gasteiger partial charge is 0.457 e. The van der Waals surface area contributed by atoms with E-state index in [9.17, 15) is 17.6 Å². The topological polar surface area (TPSA) is 66.9 Å². The highest BCUT2D eigenvalue weighted by atomic mass is 32.2. The molecule has 31 heavy (non-hydrogen) atoms. The van der Waals surface area contributed by atoms with E-state index >= 15 is 0 Å². The van der Waals surface area contributed by atoms with Gasteiger partial charge in [0.25, 0.3) is 5.91 Å². The highest BCUT2D eigenvalue weighted by Crippen LogP contribution is 2.32. The van der Waals surface area contributed by atoms with Crippen LogP contribution in [-0.4, -0.2) is 39.3 Å². The zero-order valence-electron chi connectivity index (χ0n) is 17.1. The van der Waals surface area contributed by atoms with Gasteiger partial charge in [0.05, 0.1) is 4.90 Å². The summed E-state index contributed by atoms with van der Waals surface area (Å²) in [5.41, 5.74) is 2.03. The van der Waals surface area contributed by atoms with Gasteiger partial charge in [-0.25, -0.2) is 17.1 Å². The number of hydrogen-bond donors (Lipinski definition) is 0. The summed E-state index contributed by atoms with van der Waals surface area (Å²) in [5.74, 6) is 0.516. The minimum absolute atomic E-state index is 0.171. The van der Waals surface area contributed by atoms with Crippen LogP contribution in [0.3, 0.4) is 0 Å². The molecular formula is C23H21FN2O4S. The van der Waals surface area contributed by atoms with Crippen molar-refractivity contribution >= 4 is 21.6 Å². The number of carbonyl (C=O) groups excluding carboxylic acids is 1. The molecule has 160 valence electrons. The van der Waals surface area contributed by atoms with Crippen LogP contribution in [0.5, 0.6) is 11.5 Å². The summed E-state index contributed by atoms with van der Waals surface area (Å²) in [7, 11) is -0.550. The lowest BCUT2D eigenvalue weighted by Crippen LogP contribution is -2.28. The van der Waals surface area contributed by atoms with Gasteiger partial charge in [0.15, 0.2) is 0 Å². The molecule has 0 spiro atoms. The van der Waals surface area contributed by atoms with Crippen LogP contribution in [0.1, 0.15) is 15.9 Å². The smallest absolute Gasteiger partial charge is 0.258 e. The van der Waals surface area contributed by atoms with E-state index in [0.29, 0.717) is 35.7 Å². The molecule has 0 bridgehead atoms. The number of anilines is 1. The summed E-state index contributed by atoms with van der Waals surface area (Å²) in [4.78, 5) is 14.9. The Balaban J connectivity index is 1.51. The Labute approximate surface area is 180 Å². The summed E-state index contributed by atoms with van der Waals surface area (Å²) in [6.07, 6.45) is 0.587. The molecule has 0 N–H and O–H groups in total. The van der Waals surface area contributed by atoms with Crippen LogP contribution in [0.4, 0.5) is 10.1 Å². The molecule has 1 aliphatic heterocycles. The molecular weight excluding hydrogens is 419 g/mol. The van der Waals surface area contributed by atoms with Gasteiger partial charge in [0.2, 0.25) is 10.0 Å². The van der Waals surface area contributed by atoms with Crippen molar-refractivity contribution in [2.24, 2.45) is 0 Å². The Hall–Kier alpha value is -3.23. The number of fused-ring (bicyclic) bond motifs is 1. The van der Waals surface area contributed by atoms with Crippen molar-refractivity contribution in [3.8, 4) is 11.5 Å². The number of sulfonamides is 1. The molecule has 0 atom stereocenters. The van der Waals surface area contributed by atoms with Crippen molar-refractivity contribution in [2.45, 2.75) is 11.3 Å². The Morgan fingerprint density at radius 3 is 2.19 bits per heavy atom. The first-order valence-corrected chi connectivity index (χ1v) is 11.1. The predicted octanol–water partition coefficient (Wildman–Crippen LogP) is 4.07. The molecule has 0 aromatic heterocycles. The van der Waals surface area contributed by atoms with E-state index in [1.54, 1.807) is 41.3 Å². The quantitative estimate of drug-likeness (QED) is 0.600. The average Bonchev–Trinajstić information content (AvgIpc) is 3.18. The molecule has 1 heterocycles. The highest BCUT2D eigenvalue weighted by Gasteiger charge is 2.28. The van der Waals surface area contributed by atoms with Crippen molar-refractivity contribution in [3.63, 3.8) is 0 Å². The molecule has 1 aliphatic rings. The van der Waals surface area contributed by atoms with Crippen LogP contribution in [0.2, 0.25) is 0 Å². The monoisotopic (exact) mass is 440 g/mol. The van der Waals surface area contributed by atoms with Gasteiger partial charge in [0.1, 0.15) is 17.3 Å². The lowest BCUT2D eigenvalue weighted by Gasteiger charge is -2.18. The zero-order valence-corrected chi connectivity index (χ0v) is 17.9. The zero-order chi connectivity index (χ0) is 22.2. The number of ether oxygens (including phenoxy) is 1. The minimum atomic E-state index is -3.53. The third-order valence-corrected chi connectivity index (χ3v) is 6.93. The van der Waals surface area contributed by atoms with E-state index in [1.807, 2.05) is 0 Å². The molecule has 0 fully saturated rings. The molecule has 0 saturated heterocycles. The van der Waals surface area contributed by atoms with E-state index in [1.165, 1.54) is 48.7 Å². The molecule has 0 saturated carbocycles. The average molecular weight is 440 g/mol. The van der Waals surface area contributed by atoms with Crippen LogP contribution in [0.25, 0.3) is 0 Å². The first-order valence-electron chi connectivity index (χ1n) is 9.66. The number of halogens is 1. The van der Waals surface area contributed by atoms with E-state index in [4.69, 9.17) is 4.74 Å². The van der Waals surface area contributed by atoms with E-state index < -0.39 is 10.0 Å². The van der Waals surface area contributed by atoms with Gasteiger partial charge < -0.3 is 9.64 Å². The Morgan fingerprint density at radius 2 is 1.58 bits per heavy atom. The second-order valence-corrected chi connectivity index (χ2v) is 9.52. The fraction of sp³-hybridized carbons (Fsp3) is 0.174. The first-order chi connectivity index (χ1) is 14.8. The van der Waals surface area contributed by atoms with Crippen molar-refractivity contribution in [1.29, 1.82) is 0 Å². The molecule has 8 heteroatoms. The summed E-state index contributed by atoms with van der Waals surface area (Å²) in [5, 5.41) is 0. The third kappa shape index (κ3) is 4.17. The molecule has 0 radical (unpaired) electrons. The second kappa shape index (κ2) is 8.13. The fourth-order valence-electron chi connectivity index (χ4n) is 3.42. The lowest BCUT2D eigenvalue weighted by molar-refractivity contribution is 0.0989. The molecule has 4 rings (SSSR count). The maximum absolute atomic E-state index is 13.0. The minimum Gasteiger partial charge on any atom is -0.457 e. The van der Waals surface area contributed by atoms with Crippen LogP contribution < -0.4 is 9.64 Å². The standard InChI is InChI=1S/C23H21FN2O4S/c1-25(2)31(28,29)21-11-12-22-17(15-21)13-14-26(22)23(27)16-3-7-19(8-4-16)30-20-9-5-18(24)6-10-20/h3-12,15H,13-14H2,1-2H3. The number of amides is 1. The summed E-state index contributed by atoms with van der Waals surface area (Å²) in [6.45, 7) is 0.480. The second-order valence-electron chi connectivity index (χ2n) is 7.37. The Bertz CT molecular complexity index is 1220. The van der Waals surface area contributed by atoms with Crippen molar-refractivity contribution in [2.75, 3.05) is 25.5 Å². The van der Waals surface area contributed by atoms with E-state index in [-0.39, 0.29) is 16.6 Å². The lowest BCUT2D eigenvalue weighted by atomic mass is 10.1. The van der Waals surface area contributed by atoms with Crippen molar-refractivity contribution in [3.05, 3.63) is 83.7 Å². The van der Waals surface area contributed by atoms with Gasteiger partial charge in [-0.3, -0.25) is 4.79 Å². The number of nitrogens with zero attached hydrogens (tertiary/aromatic N) is 2. The summed E-state index contributed by atoms with van der Waals surface area (Å²) >= 11 is 0. The first kappa shape index (κ1) is 21.0. The summed E-state index contributed by atoms with van der Waals surface area (Å²) in [6, 6.07) is 17.2. The van der Waals surface area contributed by atoms with Gasteiger partial charge in [-0.05, 0) is 78.7 Å². The van der Waals surface area contributed by atoms with E-state index in [0.717, 1.165) is 5.56 Å². The molecule has 0 unspecified atom stereocenters. The molecule has 6 nitrogen and oxygen atoms in total. The number of carbonyl (C=O) groups is 1. The van der Waals surface area contributed by atoms with Gasteiger partial charge in [0, 0.05) is 31.9 Å². The van der Waals surface area contributed by atoms with E-state index in [2.05, 4.69) is 0 Å². The van der Waals surface area contributed by atoms with Gasteiger partial charge in [-0.1, -0.05) is 0 Å². The highest BCUT2D eigenvalue weighted by molar-refractivity contribution is 7.89. The Kier molecular flexibility index (Phi) is 5.51. The predicted molar refractivity (Wildman–Crippen MR) is 116 cm³/mol. The maximum atomic E-state index is 13.0. The van der Waals surface area contributed by atoms with Crippen LogP contribution >= 0.6 is 0 Å².